The van der Waals surface area contributed by atoms with Gasteiger partial charge >= 0.3 is 0 Å². The average molecular weight is 335 g/mol. The number of amides is 1. The Hall–Kier alpha value is -3.28. The number of hydrogen-bond acceptors (Lipinski definition) is 4. The van der Waals surface area contributed by atoms with E-state index < -0.39 is 0 Å². The number of ether oxygens (including phenoxy) is 2. The van der Waals surface area contributed by atoms with Gasteiger partial charge in [0.25, 0.3) is 5.91 Å². The minimum absolute atomic E-state index is 0.160. The van der Waals surface area contributed by atoms with Gasteiger partial charge in [0, 0.05) is 24.5 Å². The molecule has 3 aromatic rings. The number of carbonyl (C=O) groups is 1. The first-order valence-electron chi connectivity index (χ1n) is 8.01. The molecule has 1 aliphatic heterocycles. The smallest absolute Gasteiger partial charge is 0.251 e. The molecule has 0 bridgehead atoms. The van der Waals surface area contributed by atoms with E-state index in [1.807, 2.05) is 41.1 Å². The maximum absolute atomic E-state index is 12.7. The number of hydrogen-bond donors (Lipinski definition) is 1. The topological polar surface area (TPSA) is 65.4 Å². The molecule has 6 heteroatoms. The van der Waals surface area contributed by atoms with Crippen LogP contribution in [0.15, 0.2) is 67.3 Å². The fraction of sp³-hybridized carbons (Fsp3) is 0.158. The van der Waals surface area contributed by atoms with E-state index in [9.17, 15) is 4.79 Å². The molecule has 2 aromatic carbocycles. The van der Waals surface area contributed by atoms with E-state index in [-0.39, 0.29) is 18.7 Å². The van der Waals surface area contributed by atoms with Crippen LogP contribution in [-0.2, 0) is 6.54 Å². The molecule has 1 amide bonds. The molecule has 25 heavy (non-hydrogen) atoms. The standard InChI is InChI=1S/C19H17N3O3/c23-19(15-6-7-17-18(10-15)25-13-24-17)21-16(11-22-9-8-20-12-22)14-4-2-1-3-5-14/h1-10,12,16H,11,13H2,(H,21,23)/t16-/m0/s1. The molecule has 1 aliphatic rings. The van der Waals surface area contributed by atoms with Crippen molar-refractivity contribution in [1.29, 1.82) is 0 Å². The van der Waals surface area contributed by atoms with E-state index in [1.54, 1.807) is 30.7 Å². The first-order valence-corrected chi connectivity index (χ1v) is 8.01. The molecule has 0 saturated carbocycles. The Morgan fingerprint density at radius 1 is 1.16 bits per heavy atom. The summed E-state index contributed by atoms with van der Waals surface area (Å²) < 4.78 is 12.6. The lowest BCUT2D eigenvalue weighted by molar-refractivity contribution is 0.0932. The second-order valence-electron chi connectivity index (χ2n) is 5.76. The number of nitrogens with zero attached hydrogens (tertiary/aromatic N) is 2. The van der Waals surface area contributed by atoms with Crippen LogP contribution in [0, 0.1) is 0 Å². The lowest BCUT2D eigenvalue weighted by Crippen LogP contribution is -2.31. The summed E-state index contributed by atoms with van der Waals surface area (Å²) in [6, 6.07) is 14.9. The van der Waals surface area contributed by atoms with E-state index in [4.69, 9.17) is 9.47 Å². The van der Waals surface area contributed by atoms with Crippen LogP contribution in [0.5, 0.6) is 11.5 Å². The highest BCUT2D eigenvalue weighted by Crippen LogP contribution is 2.32. The zero-order chi connectivity index (χ0) is 17.1. The summed E-state index contributed by atoms with van der Waals surface area (Å²) in [5.74, 6) is 1.10. The van der Waals surface area contributed by atoms with Gasteiger partial charge in [-0.15, -0.1) is 0 Å². The SMILES string of the molecule is O=C(N[C@@H](Cn1ccnc1)c1ccccc1)c1ccc2c(c1)OCO2. The fourth-order valence-electron chi connectivity index (χ4n) is 2.80. The number of rotatable bonds is 5. The molecule has 126 valence electrons. The van der Waals surface area contributed by atoms with Gasteiger partial charge in [0.05, 0.1) is 12.4 Å². The van der Waals surface area contributed by atoms with Crippen molar-refractivity contribution in [3.63, 3.8) is 0 Å². The highest BCUT2D eigenvalue weighted by Gasteiger charge is 2.19. The van der Waals surface area contributed by atoms with Crippen LogP contribution >= 0.6 is 0 Å². The van der Waals surface area contributed by atoms with E-state index in [0.29, 0.717) is 23.6 Å². The van der Waals surface area contributed by atoms with Crippen LogP contribution in [0.3, 0.4) is 0 Å². The summed E-state index contributed by atoms with van der Waals surface area (Å²) in [6.45, 7) is 0.786. The first-order chi connectivity index (χ1) is 12.3. The van der Waals surface area contributed by atoms with Crippen molar-refractivity contribution in [3.8, 4) is 11.5 Å². The Bertz CT molecular complexity index is 863. The molecular formula is C19H17N3O3. The first kappa shape index (κ1) is 15.3. The maximum Gasteiger partial charge on any atom is 0.251 e. The minimum Gasteiger partial charge on any atom is -0.454 e. The molecule has 6 nitrogen and oxygen atoms in total. The summed E-state index contributed by atoms with van der Waals surface area (Å²) in [6.07, 6.45) is 5.34. The Labute approximate surface area is 145 Å². The largest absolute Gasteiger partial charge is 0.454 e. The van der Waals surface area contributed by atoms with Gasteiger partial charge < -0.3 is 19.4 Å². The van der Waals surface area contributed by atoms with Crippen molar-refractivity contribution in [1.82, 2.24) is 14.9 Å². The van der Waals surface area contributed by atoms with Gasteiger partial charge in [-0.2, -0.15) is 0 Å². The predicted octanol–water partition coefficient (Wildman–Crippen LogP) is 2.78. The van der Waals surface area contributed by atoms with Crippen molar-refractivity contribution in [2.45, 2.75) is 12.6 Å². The Morgan fingerprint density at radius 2 is 2.00 bits per heavy atom. The van der Waals surface area contributed by atoms with Crippen molar-refractivity contribution in [2.75, 3.05) is 6.79 Å². The van der Waals surface area contributed by atoms with Gasteiger partial charge in [-0.1, -0.05) is 30.3 Å². The quantitative estimate of drug-likeness (QED) is 0.779. The Kier molecular flexibility index (Phi) is 4.08. The van der Waals surface area contributed by atoms with Crippen molar-refractivity contribution >= 4 is 5.91 Å². The fourth-order valence-corrected chi connectivity index (χ4v) is 2.80. The summed E-state index contributed by atoms with van der Waals surface area (Å²) >= 11 is 0. The lowest BCUT2D eigenvalue weighted by Gasteiger charge is -2.20. The van der Waals surface area contributed by atoms with Gasteiger partial charge in [0.1, 0.15) is 0 Å². The third-order valence-corrected chi connectivity index (χ3v) is 4.09. The van der Waals surface area contributed by atoms with E-state index in [1.165, 1.54) is 0 Å². The Balaban J connectivity index is 1.56. The molecule has 0 aliphatic carbocycles. The average Bonchev–Trinajstić information content (AvgIpc) is 3.32. The number of imidazole rings is 1. The molecule has 1 atom stereocenters. The van der Waals surface area contributed by atoms with Crippen molar-refractivity contribution < 1.29 is 14.3 Å². The predicted molar refractivity (Wildman–Crippen MR) is 91.4 cm³/mol. The second-order valence-corrected chi connectivity index (χ2v) is 5.76. The normalized spacial score (nSPS) is 13.4. The van der Waals surface area contributed by atoms with Crippen LogP contribution in [0.25, 0.3) is 0 Å². The third kappa shape index (κ3) is 3.33. The van der Waals surface area contributed by atoms with Crippen molar-refractivity contribution in [3.05, 3.63) is 78.4 Å². The maximum atomic E-state index is 12.7. The molecule has 0 spiro atoms. The van der Waals surface area contributed by atoms with Gasteiger partial charge in [0.2, 0.25) is 6.79 Å². The van der Waals surface area contributed by atoms with E-state index in [0.717, 1.165) is 5.56 Å². The third-order valence-electron chi connectivity index (χ3n) is 4.09. The van der Waals surface area contributed by atoms with Crippen LogP contribution in [0.4, 0.5) is 0 Å². The number of fused-ring (bicyclic) bond motifs is 1. The van der Waals surface area contributed by atoms with Crippen LogP contribution in [-0.4, -0.2) is 22.3 Å². The molecule has 0 unspecified atom stereocenters. The summed E-state index contributed by atoms with van der Waals surface area (Å²) in [5, 5.41) is 3.10. The van der Waals surface area contributed by atoms with E-state index in [2.05, 4.69) is 10.3 Å². The zero-order valence-electron chi connectivity index (χ0n) is 13.5. The number of benzene rings is 2. The highest BCUT2D eigenvalue weighted by molar-refractivity contribution is 5.95. The molecule has 1 N–H and O–H groups in total. The number of aromatic nitrogens is 2. The summed E-state index contributed by atoms with van der Waals surface area (Å²) in [7, 11) is 0. The summed E-state index contributed by atoms with van der Waals surface area (Å²) in [4.78, 5) is 16.8. The van der Waals surface area contributed by atoms with Gasteiger partial charge in [-0.3, -0.25) is 4.79 Å². The molecule has 2 heterocycles. The molecule has 0 fully saturated rings. The molecule has 1 aromatic heterocycles. The molecular weight excluding hydrogens is 318 g/mol. The van der Waals surface area contributed by atoms with Gasteiger partial charge in [-0.25, -0.2) is 4.98 Å². The van der Waals surface area contributed by atoms with Crippen LogP contribution in [0.1, 0.15) is 22.0 Å². The van der Waals surface area contributed by atoms with Crippen LogP contribution in [0.2, 0.25) is 0 Å². The number of nitrogens with one attached hydrogen (secondary N) is 1. The highest BCUT2D eigenvalue weighted by atomic mass is 16.7. The lowest BCUT2D eigenvalue weighted by atomic mass is 10.1. The molecule has 0 saturated heterocycles. The van der Waals surface area contributed by atoms with Crippen molar-refractivity contribution in [2.24, 2.45) is 0 Å². The summed E-state index contributed by atoms with van der Waals surface area (Å²) in [5.41, 5.74) is 1.57. The van der Waals surface area contributed by atoms with Crippen LogP contribution < -0.4 is 14.8 Å². The minimum atomic E-state index is -0.173. The van der Waals surface area contributed by atoms with Gasteiger partial charge in [0.15, 0.2) is 11.5 Å². The molecule has 4 rings (SSSR count). The molecule has 0 radical (unpaired) electrons. The van der Waals surface area contributed by atoms with E-state index >= 15 is 0 Å². The van der Waals surface area contributed by atoms with Gasteiger partial charge in [-0.05, 0) is 23.8 Å². The number of carbonyl (C=O) groups excluding carboxylic acids is 1. The zero-order valence-corrected chi connectivity index (χ0v) is 13.5. The monoisotopic (exact) mass is 335 g/mol. The Morgan fingerprint density at radius 3 is 2.80 bits per heavy atom. The second kappa shape index (κ2) is 6.68.